The van der Waals surface area contributed by atoms with E-state index in [1.807, 2.05) is 6.07 Å². The van der Waals surface area contributed by atoms with Crippen LogP contribution < -0.4 is 0 Å². The van der Waals surface area contributed by atoms with Crippen LogP contribution in [0.3, 0.4) is 0 Å². The summed E-state index contributed by atoms with van der Waals surface area (Å²) in [7, 11) is 0. The first-order valence-corrected chi connectivity index (χ1v) is 5.66. The van der Waals surface area contributed by atoms with E-state index in [4.69, 9.17) is 5.11 Å². The first kappa shape index (κ1) is 11.6. The van der Waals surface area contributed by atoms with Gasteiger partial charge in [0.05, 0.1) is 5.56 Å². The molecule has 0 aliphatic carbocycles. The number of nitrogens with one attached hydrogen (secondary N) is 1. The van der Waals surface area contributed by atoms with E-state index in [-0.39, 0.29) is 11.0 Å². The first-order valence-electron chi connectivity index (χ1n) is 5.66. The Morgan fingerprint density at radius 1 is 1.47 bits per heavy atom. The lowest BCUT2D eigenvalue weighted by atomic mass is 9.86. The van der Waals surface area contributed by atoms with Gasteiger partial charge in [-0.15, -0.1) is 0 Å². The quantitative estimate of drug-likeness (QED) is 0.855. The van der Waals surface area contributed by atoms with E-state index in [0.29, 0.717) is 0 Å². The van der Waals surface area contributed by atoms with E-state index in [1.165, 1.54) is 6.20 Å². The number of H-pyrrole nitrogens is 1. The van der Waals surface area contributed by atoms with Crippen LogP contribution in [0.25, 0.3) is 11.0 Å². The molecule has 0 spiro atoms. The number of nitrogens with zero attached hydrogens (tertiary/aromatic N) is 1. The predicted octanol–water partition coefficient (Wildman–Crippen LogP) is 2.95. The van der Waals surface area contributed by atoms with Gasteiger partial charge in [0.1, 0.15) is 5.65 Å². The first-order chi connectivity index (χ1) is 7.94. The largest absolute Gasteiger partial charge is 0.478 e. The van der Waals surface area contributed by atoms with Crippen LogP contribution in [0.4, 0.5) is 0 Å². The number of hydrogen-bond acceptors (Lipinski definition) is 2. The topological polar surface area (TPSA) is 66.0 Å². The Bertz CT molecular complexity index is 570. The molecular formula is C13H16N2O2. The van der Waals surface area contributed by atoms with E-state index < -0.39 is 5.97 Å². The van der Waals surface area contributed by atoms with Gasteiger partial charge in [-0.05, 0) is 18.6 Å². The van der Waals surface area contributed by atoms with Crippen molar-refractivity contribution in [1.82, 2.24) is 9.97 Å². The summed E-state index contributed by atoms with van der Waals surface area (Å²) < 4.78 is 0. The fourth-order valence-electron chi connectivity index (χ4n) is 1.69. The van der Waals surface area contributed by atoms with Crippen LogP contribution in [0.1, 0.15) is 43.2 Å². The highest BCUT2D eigenvalue weighted by atomic mass is 16.4. The van der Waals surface area contributed by atoms with Crippen LogP contribution in [0.15, 0.2) is 18.3 Å². The van der Waals surface area contributed by atoms with Gasteiger partial charge in [-0.1, -0.05) is 20.8 Å². The van der Waals surface area contributed by atoms with Gasteiger partial charge in [0, 0.05) is 22.7 Å². The minimum absolute atomic E-state index is 0.0457. The third-order valence-electron chi connectivity index (χ3n) is 3.33. The second-order valence-electron chi connectivity index (χ2n) is 4.89. The Balaban J connectivity index is 2.54. The number of aromatic nitrogens is 2. The van der Waals surface area contributed by atoms with Crippen LogP contribution in [0.5, 0.6) is 0 Å². The number of aromatic carboxylic acids is 1. The Morgan fingerprint density at radius 2 is 2.18 bits per heavy atom. The third-order valence-corrected chi connectivity index (χ3v) is 3.33. The minimum atomic E-state index is -0.947. The van der Waals surface area contributed by atoms with Gasteiger partial charge < -0.3 is 10.1 Å². The molecule has 0 unspecified atom stereocenters. The van der Waals surface area contributed by atoms with Gasteiger partial charge in [-0.25, -0.2) is 9.78 Å². The molecule has 0 saturated carbocycles. The average Bonchev–Trinajstić information content (AvgIpc) is 2.72. The molecule has 0 radical (unpaired) electrons. The number of aromatic amines is 1. The van der Waals surface area contributed by atoms with Crippen molar-refractivity contribution in [3.05, 3.63) is 29.6 Å². The lowest BCUT2D eigenvalue weighted by Crippen LogP contribution is -2.15. The number of carbonyl (C=O) groups is 1. The average molecular weight is 232 g/mol. The molecule has 2 rings (SSSR count). The molecule has 2 aromatic rings. The van der Waals surface area contributed by atoms with Crippen molar-refractivity contribution in [2.45, 2.75) is 32.6 Å². The number of carboxylic acid groups (broad SMARTS) is 1. The third kappa shape index (κ3) is 2.02. The summed E-state index contributed by atoms with van der Waals surface area (Å²) in [5.74, 6) is -0.947. The fraction of sp³-hybridized carbons (Fsp3) is 0.385. The van der Waals surface area contributed by atoms with Crippen LogP contribution in [0, 0.1) is 0 Å². The summed E-state index contributed by atoms with van der Waals surface area (Å²) in [5.41, 5.74) is 2.10. The van der Waals surface area contributed by atoms with Crippen molar-refractivity contribution in [3.8, 4) is 0 Å². The summed E-state index contributed by atoms with van der Waals surface area (Å²) in [6.07, 6.45) is 2.38. The summed E-state index contributed by atoms with van der Waals surface area (Å²) >= 11 is 0. The lowest BCUT2D eigenvalue weighted by molar-refractivity contribution is 0.0696. The maximum atomic E-state index is 10.9. The van der Waals surface area contributed by atoms with Crippen LogP contribution in [-0.4, -0.2) is 21.0 Å². The monoisotopic (exact) mass is 232 g/mol. The number of carboxylic acids is 1. The van der Waals surface area contributed by atoms with Gasteiger partial charge in [0.15, 0.2) is 0 Å². The maximum Gasteiger partial charge on any atom is 0.337 e. The van der Waals surface area contributed by atoms with Crippen LogP contribution in [-0.2, 0) is 5.41 Å². The number of pyridine rings is 1. The van der Waals surface area contributed by atoms with Crippen molar-refractivity contribution in [3.63, 3.8) is 0 Å². The fourth-order valence-corrected chi connectivity index (χ4v) is 1.69. The highest BCUT2D eigenvalue weighted by Crippen LogP contribution is 2.28. The normalized spacial score (nSPS) is 11.9. The Labute approximate surface area is 99.7 Å². The van der Waals surface area contributed by atoms with Crippen molar-refractivity contribution in [1.29, 1.82) is 0 Å². The summed E-state index contributed by atoms with van der Waals surface area (Å²) in [4.78, 5) is 18.2. The molecule has 0 aliphatic heterocycles. The van der Waals surface area contributed by atoms with Crippen molar-refractivity contribution in [2.24, 2.45) is 0 Å². The summed E-state index contributed by atoms with van der Waals surface area (Å²) in [6, 6.07) is 3.63. The van der Waals surface area contributed by atoms with E-state index in [0.717, 1.165) is 23.1 Å². The second-order valence-corrected chi connectivity index (χ2v) is 4.89. The van der Waals surface area contributed by atoms with Crippen LogP contribution >= 0.6 is 0 Å². The van der Waals surface area contributed by atoms with E-state index in [2.05, 4.69) is 30.7 Å². The van der Waals surface area contributed by atoms with E-state index in [1.54, 1.807) is 6.07 Å². The maximum absolute atomic E-state index is 10.9. The molecule has 2 N–H and O–H groups in total. The zero-order valence-electron chi connectivity index (χ0n) is 10.2. The summed E-state index contributed by atoms with van der Waals surface area (Å²) in [6.45, 7) is 6.42. The van der Waals surface area contributed by atoms with Crippen molar-refractivity contribution in [2.75, 3.05) is 0 Å². The molecule has 0 bridgehead atoms. The number of fused-ring (bicyclic) bond motifs is 1. The molecule has 0 atom stereocenters. The molecule has 2 aromatic heterocycles. The molecule has 0 aromatic carbocycles. The van der Waals surface area contributed by atoms with Crippen LogP contribution in [0.2, 0.25) is 0 Å². The molecule has 0 aliphatic rings. The van der Waals surface area contributed by atoms with Gasteiger partial charge in [0.2, 0.25) is 0 Å². The molecule has 4 nitrogen and oxygen atoms in total. The second kappa shape index (κ2) is 3.87. The minimum Gasteiger partial charge on any atom is -0.478 e. The highest BCUT2D eigenvalue weighted by Gasteiger charge is 2.20. The Kier molecular flexibility index (Phi) is 2.65. The zero-order valence-corrected chi connectivity index (χ0v) is 10.2. The molecule has 17 heavy (non-hydrogen) atoms. The lowest BCUT2D eigenvalue weighted by Gasteiger charge is -2.20. The Hall–Kier alpha value is -1.84. The van der Waals surface area contributed by atoms with Gasteiger partial charge >= 0.3 is 5.97 Å². The van der Waals surface area contributed by atoms with E-state index in [9.17, 15) is 4.79 Å². The number of hydrogen-bond donors (Lipinski definition) is 2. The highest BCUT2D eigenvalue weighted by molar-refractivity contribution is 5.92. The SMILES string of the molecule is CCC(C)(C)c1cc2cc(C(=O)O)cnc2[nH]1. The molecule has 0 fully saturated rings. The van der Waals surface area contributed by atoms with Crippen molar-refractivity contribution < 1.29 is 9.90 Å². The van der Waals surface area contributed by atoms with E-state index >= 15 is 0 Å². The van der Waals surface area contributed by atoms with Gasteiger partial charge in [0.25, 0.3) is 0 Å². The Morgan fingerprint density at radius 3 is 2.76 bits per heavy atom. The zero-order chi connectivity index (χ0) is 12.6. The van der Waals surface area contributed by atoms with Crippen molar-refractivity contribution >= 4 is 17.0 Å². The van der Waals surface area contributed by atoms with Gasteiger partial charge in [-0.3, -0.25) is 0 Å². The predicted molar refractivity (Wildman–Crippen MR) is 66.4 cm³/mol. The molecule has 0 saturated heterocycles. The molecule has 90 valence electrons. The smallest absolute Gasteiger partial charge is 0.337 e. The summed E-state index contributed by atoms with van der Waals surface area (Å²) in [5, 5.41) is 9.76. The molecule has 4 heteroatoms. The molecular weight excluding hydrogens is 216 g/mol. The molecule has 2 heterocycles. The molecule has 0 amide bonds. The van der Waals surface area contributed by atoms with Gasteiger partial charge in [-0.2, -0.15) is 0 Å². The standard InChI is InChI=1S/C13H16N2O2/c1-4-13(2,3)10-6-8-5-9(12(16)17)7-14-11(8)15-10/h5-7H,4H2,1-3H3,(H,14,15)(H,16,17). The number of rotatable bonds is 3.